The fourth-order valence-corrected chi connectivity index (χ4v) is 3.19. The van der Waals surface area contributed by atoms with E-state index in [-0.39, 0.29) is 28.7 Å². The van der Waals surface area contributed by atoms with Crippen molar-refractivity contribution in [2.24, 2.45) is 0 Å². The summed E-state index contributed by atoms with van der Waals surface area (Å²) in [4.78, 5) is 26.9. The first-order valence-electron chi connectivity index (χ1n) is 8.67. The van der Waals surface area contributed by atoms with E-state index in [1.165, 1.54) is 24.3 Å². The lowest BCUT2D eigenvalue weighted by molar-refractivity contribution is -0.384. The maximum atomic E-state index is 13.6. The zero-order valence-electron chi connectivity index (χ0n) is 15.2. The van der Waals surface area contributed by atoms with Crippen LogP contribution in [0, 0.1) is 15.9 Å². The molecule has 0 unspecified atom stereocenters. The van der Waals surface area contributed by atoms with E-state index < -0.39 is 10.7 Å². The number of anilines is 1. The molecule has 1 heterocycles. The molecule has 1 saturated heterocycles. The number of carbonyl (C=O) groups is 1. The third-order valence-corrected chi connectivity index (χ3v) is 4.84. The second-order valence-corrected chi connectivity index (χ2v) is 6.88. The smallest absolute Gasteiger partial charge is 0.293 e. The summed E-state index contributed by atoms with van der Waals surface area (Å²) in [7, 11) is 1.66. The van der Waals surface area contributed by atoms with Crippen molar-refractivity contribution >= 4 is 28.9 Å². The van der Waals surface area contributed by atoms with Crippen molar-refractivity contribution in [3.63, 3.8) is 0 Å². The molecular weight excluding hydrogens is 389 g/mol. The van der Waals surface area contributed by atoms with Gasteiger partial charge in [-0.3, -0.25) is 14.9 Å². The number of ether oxygens (including phenoxy) is 1. The predicted octanol–water partition coefficient (Wildman–Crippen LogP) is 3.50. The van der Waals surface area contributed by atoms with Crippen LogP contribution >= 0.6 is 11.6 Å². The lowest BCUT2D eigenvalue weighted by Gasteiger charge is -2.27. The molecule has 148 valence electrons. The lowest BCUT2D eigenvalue weighted by Crippen LogP contribution is -2.40. The third kappa shape index (κ3) is 4.40. The quantitative estimate of drug-likeness (QED) is 0.560. The normalized spacial score (nSPS) is 14.0. The molecule has 1 amide bonds. The molecule has 0 aromatic heterocycles. The van der Waals surface area contributed by atoms with E-state index in [9.17, 15) is 19.3 Å². The number of hydrogen-bond donors (Lipinski definition) is 0. The summed E-state index contributed by atoms with van der Waals surface area (Å²) in [5, 5.41) is 11.6. The zero-order valence-corrected chi connectivity index (χ0v) is 16.0. The van der Waals surface area contributed by atoms with Crippen molar-refractivity contribution in [1.82, 2.24) is 4.90 Å². The molecule has 2 aromatic carbocycles. The number of amides is 1. The summed E-state index contributed by atoms with van der Waals surface area (Å²) in [6, 6.07) is 8.78. The summed E-state index contributed by atoms with van der Waals surface area (Å²) in [6.45, 7) is 2.05. The summed E-state index contributed by atoms with van der Waals surface area (Å²) in [5.41, 5.74) is 1.02. The van der Waals surface area contributed by atoms with Gasteiger partial charge < -0.3 is 14.5 Å². The molecular formula is C19H19ClFN3O4. The topological polar surface area (TPSA) is 75.9 Å². The summed E-state index contributed by atoms with van der Waals surface area (Å²) >= 11 is 5.69. The molecule has 0 spiro atoms. The minimum Gasteiger partial charge on any atom is -0.378 e. The monoisotopic (exact) mass is 407 g/mol. The Morgan fingerprint density at radius 3 is 2.64 bits per heavy atom. The van der Waals surface area contributed by atoms with Crippen LogP contribution in [0.2, 0.25) is 5.02 Å². The fourth-order valence-electron chi connectivity index (χ4n) is 3.07. The third-order valence-electron chi connectivity index (χ3n) is 4.53. The van der Waals surface area contributed by atoms with Gasteiger partial charge in [-0.1, -0.05) is 17.7 Å². The number of nitrogens with zero attached hydrogens (tertiary/aromatic N) is 3. The second kappa shape index (κ2) is 8.53. The van der Waals surface area contributed by atoms with Gasteiger partial charge in [0, 0.05) is 38.3 Å². The minimum atomic E-state index is -0.548. The van der Waals surface area contributed by atoms with E-state index in [4.69, 9.17) is 16.3 Å². The SMILES string of the molecule is CN(Cc1ccc(Cl)c(F)c1)c1ccc(C(=O)N2CCOCC2)cc1[N+](=O)[O-]. The number of benzene rings is 2. The van der Waals surface area contributed by atoms with Gasteiger partial charge in [0.1, 0.15) is 11.5 Å². The molecule has 0 aliphatic carbocycles. The number of rotatable bonds is 5. The summed E-state index contributed by atoms with van der Waals surface area (Å²) in [5.74, 6) is -0.811. The van der Waals surface area contributed by atoms with Gasteiger partial charge in [-0.25, -0.2) is 4.39 Å². The van der Waals surface area contributed by atoms with Crippen molar-refractivity contribution in [3.8, 4) is 0 Å². The molecule has 28 heavy (non-hydrogen) atoms. The number of halogens is 2. The minimum absolute atomic E-state index is 0.0170. The largest absolute Gasteiger partial charge is 0.378 e. The molecule has 3 rings (SSSR count). The second-order valence-electron chi connectivity index (χ2n) is 6.47. The first-order chi connectivity index (χ1) is 13.4. The molecule has 1 aliphatic rings. The Morgan fingerprint density at radius 2 is 2.00 bits per heavy atom. The molecule has 0 bridgehead atoms. The van der Waals surface area contributed by atoms with Crippen LogP contribution in [0.1, 0.15) is 15.9 Å². The maximum Gasteiger partial charge on any atom is 0.293 e. The standard InChI is InChI=1S/C19H19ClFN3O4/c1-22(12-13-2-4-15(20)16(21)10-13)17-5-3-14(11-18(17)24(26)27)19(25)23-6-8-28-9-7-23/h2-5,10-11H,6-9,12H2,1H3. The highest BCUT2D eigenvalue weighted by Gasteiger charge is 2.24. The van der Waals surface area contributed by atoms with Gasteiger partial charge in [0.15, 0.2) is 0 Å². The number of carbonyl (C=O) groups excluding carboxylic acids is 1. The van der Waals surface area contributed by atoms with Crippen molar-refractivity contribution in [1.29, 1.82) is 0 Å². The molecule has 0 radical (unpaired) electrons. The Hall–Kier alpha value is -2.71. The highest BCUT2D eigenvalue weighted by atomic mass is 35.5. The Bertz CT molecular complexity index is 903. The van der Waals surface area contributed by atoms with E-state index in [0.717, 1.165) is 0 Å². The number of hydrogen-bond acceptors (Lipinski definition) is 5. The molecule has 2 aromatic rings. The van der Waals surface area contributed by atoms with Crippen molar-refractivity contribution in [2.45, 2.75) is 6.54 Å². The van der Waals surface area contributed by atoms with Gasteiger partial charge >= 0.3 is 0 Å². The first-order valence-corrected chi connectivity index (χ1v) is 9.05. The van der Waals surface area contributed by atoms with Crippen molar-refractivity contribution in [3.05, 3.63) is 68.5 Å². The van der Waals surface area contributed by atoms with Crippen LogP contribution in [0.3, 0.4) is 0 Å². The van der Waals surface area contributed by atoms with E-state index in [1.54, 1.807) is 29.0 Å². The van der Waals surface area contributed by atoms with Gasteiger partial charge in [0.25, 0.3) is 11.6 Å². The molecule has 1 fully saturated rings. The van der Waals surface area contributed by atoms with E-state index in [1.807, 2.05) is 0 Å². The van der Waals surface area contributed by atoms with E-state index in [0.29, 0.717) is 37.6 Å². The van der Waals surface area contributed by atoms with E-state index in [2.05, 4.69) is 0 Å². The molecule has 0 N–H and O–H groups in total. The molecule has 7 nitrogen and oxygen atoms in total. The van der Waals surface area contributed by atoms with Crippen LogP contribution in [-0.2, 0) is 11.3 Å². The van der Waals surface area contributed by atoms with Gasteiger partial charge in [0.2, 0.25) is 0 Å². The average molecular weight is 408 g/mol. The first kappa shape index (κ1) is 20.0. The Balaban J connectivity index is 1.84. The number of nitro benzene ring substituents is 1. The van der Waals surface area contributed by atoms with Gasteiger partial charge in [0.05, 0.1) is 23.2 Å². The fraction of sp³-hybridized carbons (Fsp3) is 0.316. The summed E-state index contributed by atoms with van der Waals surface area (Å²) < 4.78 is 18.9. The van der Waals surface area contributed by atoms with Crippen molar-refractivity contribution in [2.75, 3.05) is 38.3 Å². The van der Waals surface area contributed by atoms with Crippen LogP contribution in [-0.4, -0.2) is 49.1 Å². The number of morpholine rings is 1. The lowest BCUT2D eigenvalue weighted by atomic mass is 10.1. The summed E-state index contributed by atoms with van der Waals surface area (Å²) in [6.07, 6.45) is 0. The molecule has 0 atom stereocenters. The Labute approximate surface area is 166 Å². The molecule has 1 aliphatic heterocycles. The predicted molar refractivity (Wildman–Crippen MR) is 103 cm³/mol. The molecule has 9 heteroatoms. The highest BCUT2D eigenvalue weighted by Crippen LogP contribution is 2.30. The van der Waals surface area contributed by atoms with Crippen LogP contribution in [0.5, 0.6) is 0 Å². The highest BCUT2D eigenvalue weighted by molar-refractivity contribution is 6.30. The van der Waals surface area contributed by atoms with E-state index >= 15 is 0 Å². The van der Waals surface area contributed by atoms with Crippen LogP contribution in [0.4, 0.5) is 15.8 Å². The van der Waals surface area contributed by atoms with Crippen molar-refractivity contribution < 1.29 is 18.8 Å². The van der Waals surface area contributed by atoms with Gasteiger partial charge in [-0.15, -0.1) is 0 Å². The van der Waals surface area contributed by atoms with Gasteiger partial charge in [-0.05, 0) is 29.8 Å². The number of nitro groups is 1. The van der Waals surface area contributed by atoms with Crippen LogP contribution in [0.25, 0.3) is 0 Å². The maximum absolute atomic E-state index is 13.6. The average Bonchev–Trinajstić information content (AvgIpc) is 2.70. The zero-order chi connectivity index (χ0) is 20.3. The van der Waals surface area contributed by atoms with Gasteiger partial charge in [-0.2, -0.15) is 0 Å². The Kier molecular flexibility index (Phi) is 6.11. The molecule has 0 saturated carbocycles. The van der Waals surface area contributed by atoms with Crippen LogP contribution < -0.4 is 4.90 Å². The Morgan fingerprint density at radius 1 is 1.29 bits per heavy atom. The van der Waals surface area contributed by atoms with Crippen LogP contribution in [0.15, 0.2) is 36.4 Å².